The highest BCUT2D eigenvalue weighted by Gasteiger charge is 2.28. The molecule has 1 aromatic heterocycles. The molecule has 6 nitrogen and oxygen atoms in total. The van der Waals surface area contributed by atoms with Gasteiger partial charge < -0.3 is 14.7 Å². The standard InChI is InChI=1S/C23H31N3O3/c1-3-20(19-12-8-5-9-13-19)23(28)26(15-18-10-6-4-7-11-18)16-22(27)24-21-14-17(2)29-25-21/h5,8-9,12-14,18,20H,3-4,6-7,10-11,15-16H2,1-2H3,(H,24,25,27)/t20-/m0/s1. The van der Waals surface area contributed by atoms with Crippen LogP contribution in [0.2, 0.25) is 0 Å². The second-order valence-corrected chi connectivity index (χ2v) is 7.97. The van der Waals surface area contributed by atoms with Crippen LogP contribution in [0.4, 0.5) is 5.82 Å². The van der Waals surface area contributed by atoms with E-state index >= 15 is 0 Å². The van der Waals surface area contributed by atoms with Crippen LogP contribution in [0.3, 0.4) is 0 Å². The monoisotopic (exact) mass is 397 g/mol. The summed E-state index contributed by atoms with van der Waals surface area (Å²) < 4.78 is 5.01. The molecule has 1 N–H and O–H groups in total. The van der Waals surface area contributed by atoms with Gasteiger partial charge in [-0.15, -0.1) is 0 Å². The maximum absolute atomic E-state index is 13.5. The first-order valence-electron chi connectivity index (χ1n) is 10.6. The minimum absolute atomic E-state index is 0.0238. The van der Waals surface area contributed by atoms with Gasteiger partial charge in [0.1, 0.15) is 5.76 Å². The minimum atomic E-state index is -0.245. The van der Waals surface area contributed by atoms with Crippen LogP contribution >= 0.6 is 0 Å². The van der Waals surface area contributed by atoms with Crippen molar-refractivity contribution >= 4 is 17.6 Å². The summed E-state index contributed by atoms with van der Waals surface area (Å²) in [6.07, 6.45) is 6.61. The van der Waals surface area contributed by atoms with Gasteiger partial charge in [0.25, 0.3) is 0 Å². The molecule has 0 bridgehead atoms. The van der Waals surface area contributed by atoms with Crippen molar-refractivity contribution in [2.45, 2.75) is 58.3 Å². The Morgan fingerprint density at radius 3 is 2.55 bits per heavy atom. The Morgan fingerprint density at radius 1 is 1.21 bits per heavy atom. The summed E-state index contributed by atoms with van der Waals surface area (Å²) in [7, 11) is 0. The van der Waals surface area contributed by atoms with Crippen LogP contribution in [0.1, 0.15) is 62.7 Å². The Balaban J connectivity index is 1.73. The van der Waals surface area contributed by atoms with Crippen molar-refractivity contribution < 1.29 is 14.1 Å². The molecule has 1 atom stereocenters. The number of benzene rings is 1. The van der Waals surface area contributed by atoms with Crippen molar-refractivity contribution in [2.75, 3.05) is 18.4 Å². The number of aromatic nitrogens is 1. The van der Waals surface area contributed by atoms with Gasteiger partial charge in [0.15, 0.2) is 5.82 Å². The zero-order chi connectivity index (χ0) is 20.6. The Labute approximate surface area is 172 Å². The molecular formula is C23H31N3O3. The lowest BCUT2D eigenvalue weighted by atomic mass is 9.88. The molecule has 1 aromatic carbocycles. The normalized spacial score (nSPS) is 15.7. The number of rotatable bonds is 8. The van der Waals surface area contributed by atoms with E-state index < -0.39 is 0 Å². The molecule has 3 rings (SSSR count). The van der Waals surface area contributed by atoms with E-state index in [2.05, 4.69) is 10.5 Å². The smallest absolute Gasteiger partial charge is 0.245 e. The van der Waals surface area contributed by atoms with Crippen LogP contribution in [-0.2, 0) is 9.59 Å². The highest BCUT2D eigenvalue weighted by atomic mass is 16.5. The number of amides is 2. The third-order valence-electron chi connectivity index (χ3n) is 5.65. The van der Waals surface area contributed by atoms with E-state index in [0.29, 0.717) is 30.5 Å². The van der Waals surface area contributed by atoms with Crippen molar-refractivity contribution in [3.05, 3.63) is 47.7 Å². The average Bonchev–Trinajstić information content (AvgIpc) is 3.14. The van der Waals surface area contributed by atoms with Crippen LogP contribution in [0.25, 0.3) is 0 Å². The second kappa shape index (κ2) is 10.2. The number of hydrogen-bond donors (Lipinski definition) is 1. The Morgan fingerprint density at radius 2 is 1.93 bits per heavy atom. The molecule has 1 aliphatic rings. The number of nitrogens with zero attached hydrogens (tertiary/aromatic N) is 2. The first-order chi connectivity index (χ1) is 14.1. The van der Waals surface area contributed by atoms with E-state index in [-0.39, 0.29) is 24.3 Å². The number of carbonyl (C=O) groups excluding carboxylic acids is 2. The van der Waals surface area contributed by atoms with Crippen molar-refractivity contribution in [2.24, 2.45) is 5.92 Å². The molecule has 1 saturated carbocycles. The topological polar surface area (TPSA) is 75.4 Å². The Bertz CT molecular complexity index is 797. The number of hydrogen-bond acceptors (Lipinski definition) is 4. The van der Waals surface area contributed by atoms with Crippen molar-refractivity contribution in [3.8, 4) is 0 Å². The largest absolute Gasteiger partial charge is 0.360 e. The van der Waals surface area contributed by atoms with Gasteiger partial charge in [-0.3, -0.25) is 9.59 Å². The Hall–Kier alpha value is -2.63. The average molecular weight is 398 g/mol. The van der Waals surface area contributed by atoms with Gasteiger partial charge in [-0.1, -0.05) is 61.7 Å². The fourth-order valence-electron chi connectivity index (χ4n) is 4.15. The van der Waals surface area contributed by atoms with Crippen LogP contribution in [0.15, 0.2) is 40.9 Å². The summed E-state index contributed by atoms with van der Waals surface area (Å²) >= 11 is 0. The highest BCUT2D eigenvalue weighted by Crippen LogP contribution is 2.27. The maximum Gasteiger partial charge on any atom is 0.245 e. The lowest BCUT2D eigenvalue weighted by Crippen LogP contribution is -2.43. The third-order valence-corrected chi connectivity index (χ3v) is 5.65. The Kier molecular flexibility index (Phi) is 7.44. The van der Waals surface area contributed by atoms with Gasteiger partial charge in [0.05, 0.1) is 12.5 Å². The fraction of sp³-hybridized carbons (Fsp3) is 0.522. The van der Waals surface area contributed by atoms with Crippen molar-refractivity contribution in [1.82, 2.24) is 10.1 Å². The van der Waals surface area contributed by atoms with Crippen LogP contribution in [0.5, 0.6) is 0 Å². The number of nitrogens with one attached hydrogen (secondary N) is 1. The van der Waals surface area contributed by atoms with Gasteiger partial charge >= 0.3 is 0 Å². The van der Waals surface area contributed by atoms with Crippen LogP contribution in [-0.4, -0.2) is 35.0 Å². The van der Waals surface area contributed by atoms with Crippen molar-refractivity contribution in [3.63, 3.8) is 0 Å². The van der Waals surface area contributed by atoms with Crippen LogP contribution in [0, 0.1) is 12.8 Å². The number of anilines is 1. The van der Waals surface area contributed by atoms with E-state index in [4.69, 9.17) is 4.52 Å². The molecule has 2 amide bonds. The van der Waals surface area contributed by atoms with Gasteiger partial charge in [-0.05, 0) is 37.7 Å². The molecule has 29 heavy (non-hydrogen) atoms. The van der Waals surface area contributed by atoms with Gasteiger partial charge in [-0.25, -0.2) is 0 Å². The van der Waals surface area contributed by atoms with Crippen molar-refractivity contribution in [1.29, 1.82) is 0 Å². The van der Waals surface area contributed by atoms with E-state index in [1.54, 1.807) is 17.9 Å². The molecule has 0 radical (unpaired) electrons. The van der Waals surface area contributed by atoms with E-state index in [9.17, 15) is 9.59 Å². The lowest BCUT2D eigenvalue weighted by Gasteiger charge is -2.32. The zero-order valence-corrected chi connectivity index (χ0v) is 17.4. The summed E-state index contributed by atoms with van der Waals surface area (Å²) in [6.45, 7) is 4.46. The summed E-state index contributed by atoms with van der Waals surface area (Å²) in [5, 5.41) is 6.56. The molecule has 0 unspecified atom stereocenters. The second-order valence-electron chi connectivity index (χ2n) is 7.97. The third kappa shape index (κ3) is 5.92. The maximum atomic E-state index is 13.5. The predicted octanol–water partition coefficient (Wildman–Crippen LogP) is 4.52. The molecule has 1 heterocycles. The molecule has 0 saturated heterocycles. The molecule has 2 aromatic rings. The van der Waals surface area contributed by atoms with Gasteiger partial charge in [-0.2, -0.15) is 0 Å². The zero-order valence-electron chi connectivity index (χ0n) is 17.4. The minimum Gasteiger partial charge on any atom is -0.360 e. The summed E-state index contributed by atoms with van der Waals surface area (Å²) in [5.74, 6) is 1.02. The molecule has 1 fully saturated rings. The number of carbonyl (C=O) groups is 2. The summed E-state index contributed by atoms with van der Waals surface area (Å²) in [5.41, 5.74) is 1.00. The molecule has 1 aliphatic carbocycles. The molecule has 0 spiro atoms. The van der Waals surface area contributed by atoms with Gasteiger partial charge in [0, 0.05) is 12.6 Å². The van der Waals surface area contributed by atoms with E-state index in [0.717, 1.165) is 18.4 Å². The first-order valence-corrected chi connectivity index (χ1v) is 10.6. The fourth-order valence-corrected chi connectivity index (χ4v) is 4.15. The lowest BCUT2D eigenvalue weighted by molar-refractivity contribution is -0.137. The van der Waals surface area contributed by atoms with Crippen LogP contribution < -0.4 is 5.32 Å². The predicted molar refractivity (Wildman–Crippen MR) is 112 cm³/mol. The van der Waals surface area contributed by atoms with Gasteiger partial charge in [0.2, 0.25) is 11.8 Å². The SMILES string of the molecule is CC[C@H](C(=O)N(CC(=O)Nc1cc(C)on1)CC1CCCCC1)c1ccccc1. The van der Waals surface area contributed by atoms with E-state index in [1.165, 1.54) is 19.3 Å². The quantitative estimate of drug-likeness (QED) is 0.710. The number of aryl methyl sites for hydroxylation is 1. The highest BCUT2D eigenvalue weighted by molar-refractivity contribution is 5.95. The molecule has 156 valence electrons. The summed E-state index contributed by atoms with van der Waals surface area (Å²) in [6, 6.07) is 11.5. The summed E-state index contributed by atoms with van der Waals surface area (Å²) in [4.78, 5) is 27.8. The molecule has 0 aliphatic heterocycles. The van der Waals surface area contributed by atoms with E-state index in [1.807, 2.05) is 37.3 Å². The molecular weight excluding hydrogens is 366 g/mol. The molecule has 6 heteroatoms. The first kappa shape index (κ1) is 21.1.